The van der Waals surface area contributed by atoms with Gasteiger partial charge in [-0.3, -0.25) is 9.69 Å². The molecule has 9 heteroatoms. The Morgan fingerprint density at radius 3 is 2.93 bits per heavy atom. The number of methoxy groups -OCH3 is 1. The van der Waals surface area contributed by atoms with Crippen LogP contribution in [0.4, 0.5) is 15.9 Å². The first-order chi connectivity index (χ1) is 14.8. The first-order valence-corrected chi connectivity index (χ1v) is 9.58. The van der Waals surface area contributed by atoms with Crippen LogP contribution in [-0.2, 0) is 11.3 Å². The van der Waals surface area contributed by atoms with Crippen LogP contribution in [0, 0.1) is 5.82 Å². The molecule has 7 nitrogen and oxygen atoms in total. The van der Waals surface area contributed by atoms with Crippen LogP contribution >= 0.6 is 11.6 Å². The molecule has 0 radical (unpaired) electrons. The Labute approximate surface area is 180 Å². The molecule has 3 N–H and O–H groups in total. The Morgan fingerprint density at radius 1 is 1.43 bits per heavy atom. The number of hydrogen-bond acceptors (Lipinski definition) is 6. The van der Waals surface area contributed by atoms with Gasteiger partial charge in [-0.25, -0.2) is 14.4 Å². The third-order valence-corrected chi connectivity index (χ3v) is 5.15. The molecule has 3 rings (SSSR count). The molecule has 0 spiro atoms. The predicted octanol–water partition coefficient (Wildman–Crippen LogP) is 3.87. The first-order valence-electron chi connectivity index (χ1n) is 9.91. The minimum atomic E-state index is -0.582. The second kappa shape index (κ2) is 9.23. The molecule has 0 saturated heterocycles. The maximum Gasteiger partial charge on any atom is 0.234 e. The van der Waals surface area contributed by atoms with Crippen LogP contribution in [0.3, 0.4) is 0 Å². The van der Waals surface area contributed by atoms with Gasteiger partial charge < -0.3 is 15.8 Å². The molecule has 0 aliphatic heterocycles. The summed E-state index contributed by atoms with van der Waals surface area (Å²) in [4.78, 5) is 22.0. The number of nitrogens with two attached hydrogens (primary N) is 1. The molecule has 0 saturated carbocycles. The van der Waals surface area contributed by atoms with Crippen molar-refractivity contribution in [1.82, 2.24) is 14.9 Å². The van der Waals surface area contributed by atoms with Crippen LogP contribution in [0.1, 0.15) is 20.8 Å². The molecule has 3 aromatic rings. The van der Waals surface area contributed by atoms with E-state index in [4.69, 9.17) is 23.4 Å². The summed E-state index contributed by atoms with van der Waals surface area (Å²) in [6.07, 6.45) is 1.37. The number of rotatable bonds is 8. The van der Waals surface area contributed by atoms with E-state index in [0.717, 1.165) is 5.56 Å². The van der Waals surface area contributed by atoms with E-state index in [9.17, 15) is 9.18 Å². The van der Waals surface area contributed by atoms with E-state index in [1.807, 2.05) is 6.07 Å². The van der Waals surface area contributed by atoms with Crippen molar-refractivity contribution in [2.24, 2.45) is 5.73 Å². The van der Waals surface area contributed by atoms with Crippen molar-refractivity contribution < 1.29 is 15.3 Å². The highest BCUT2D eigenvalue weighted by Gasteiger charge is 2.20. The van der Waals surface area contributed by atoms with Crippen molar-refractivity contribution in [3.05, 3.63) is 53.1 Å². The monoisotopic (exact) mass is 432 g/mol. The van der Waals surface area contributed by atoms with Gasteiger partial charge in [-0.15, -0.1) is 0 Å². The van der Waals surface area contributed by atoms with E-state index >= 15 is 0 Å². The molecule has 1 amide bonds. The highest BCUT2D eigenvalue weighted by atomic mass is 35.5. The summed E-state index contributed by atoms with van der Waals surface area (Å²) in [5.41, 5.74) is 7.00. The number of halogens is 2. The lowest BCUT2D eigenvalue weighted by atomic mass is 10.1. The Hall–Kier alpha value is -2.97. The number of nitrogens with one attached hydrogen (secondary N) is 1. The topological polar surface area (TPSA) is 93.4 Å². The van der Waals surface area contributed by atoms with Gasteiger partial charge in [0, 0.05) is 24.9 Å². The number of primary amides is 1. The number of likely N-dealkylation sites (N-methyl/N-ethyl adjacent to an activating group) is 1. The summed E-state index contributed by atoms with van der Waals surface area (Å²) in [7, 11) is 1.54. The number of aromatic nitrogens is 2. The van der Waals surface area contributed by atoms with Crippen LogP contribution in [0.2, 0.25) is 5.02 Å². The van der Waals surface area contributed by atoms with Crippen LogP contribution in [-0.4, -0.2) is 40.5 Å². The number of benzene rings is 2. The SMILES string of the molecule is [2H]CCN(Cc1cc2c(Nc3cccc(Cl)c3F)ncnc2cc1OC)[C@@H](C)C(N)=O. The number of hydrogen-bond donors (Lipinski definition) is 2. The molecule has 2 aromatic carbocycles. The van der Waals surface area contributed by atoms with Crippen molar-refractivity contribution >= 4 is 39.9 Å². The maximum atomic E-state index is 14.4. The van der Waals surface area contributed by atoms with Crippen molar-refractivity contribution in [1.29, 1.82) is 0 Å². The van der Waals surface area contributed by atoms with Gasteiger partial charge in [-0.1, -0.05) is 24.6 Å². The summed E-state index contributed by atoms with van der Waals surface area (Å²) in [5, 5.41) is 3.60. The van der Waals surface area contributed by atoms with E-state index in [0.29, 0.717) is 35.6 Å². The number of amides is 1. The van der Waals surface area contributed by atoms with Crippen molar-refractivity contribution in [2.45, 2.75) is 26.4 Å². The van der Waals surface area contributed by atoms with Gasteiger partial charge in [-0.2, -0.15) is 0 Å². The minimum Gasteiger partial charge on any atom is -0.496 e. The van der Waals surface area contributed by atoms with Gasteiger partial charge in [0.05, 0.1) is 29.4 Å². The fourth-order valence-corrected chi connectivity index (χ4v) is 3.25. The fraction of sp³-hybridized carbons (Fsp3) is 0.286. The third kappa shape index (κ3) is 4.44. The predicted molar refractivity (Wildman–Crippen MR) is 116 cm³/mol. The number of ether oxygens (including phenoxy) is 1. The highest BCUT2D eigenvalue weighted by Crippen LogP contribution is 2.32. The molecule has 1 heterocycles. The van der Waals surface area contributed by atoms with Crippen molar-refractivity contribution in [3.8, 4) is 5.75 Å². The number of fused-ring (bicyclic) bond motifs is 1. The van der Waals surface area contributed by atoms with Crippen LogP contribution in [0.5, 0.6) is 5.75 Å². The molecule has 1 atom stereocenters. The normalized spacial score (nSPS) is 12.6. The zero-order valence-corrected chi connectivity index (χ0v) is 17.4. The largest absolute Gasteiger partial charge is 0.496 e. The molecule has 0 bridgehead atoms. The second-order valence-corrected chi connectivity index (χ2v) is 7.09. The Morgan fingerprint density at radius 2 is 2.23 bits per heavy atom. The molecular weight excluding hydrogens is 409 g/mol. The van der Waals surface area contributed by atoms with Gasteiger partial charge in [0.2, 0.25) is 5.91 Å². The summed E-state index contributed by atoms with van der Waals surface area (Å²) < 4.78 is 27.5. The molecule has 30 heavy (non-hydrogen) atoms. The van der Waals surface area contributed by atoms with E-state index in [2.05, 4.69) is 15.3 Å². The molecule has 158 valence electrons. The average molecular weight is 433 g/mol. The molecular formula is C21H23ClFN5O2. The fourth-order valence-electron chi connectivity index (χ4n) is 3.08. The zero-order valence-electron chi connectivity index (χ0n) is 17.7. The summed E-state index contributed by atoms with van der Waals surface area (Å²) >= 11 is 5.88. The number of carbonyl (C=O) groups excluding carboxylic acids is 1. The summed E-state index contributed by atoms with van der Waals surface area (Å²) in [6, 6.07) is 7.67. The average Bonchev–Trinajstić information content (AvgIpc) is 2.75. The summed E-state index contributed by atoms with van der Waals surface area (Å²) in [6.45, 7) is 2.48. The van der Waals surface area contributed by atoms with Gasteiger partial charge in [0.1, 0.15) is 17.9 Å². The van der Waals surface area contributed by atoms with Gasteiger partial charge in [-0.05, 0) is 31.7 Å². The molecule has 1 aromatic heterocycles. The van der Waals surface area contributed by atoms with E-state index in [-0.39, 0.29) is 17.6 Å². The van der Waals surface area contributed by atoms with E-state index in [1.54, 1.807) is 37.1 Å². The molecule has 0 aliphatic carbocycles. The lowest BCUT2D eigenvalue weighted by molar-refractivity contribution is -0.122. The molecule has 0 fully saturated rings. The number of nitrogens with zero attached hydrogens (tertiary/aromatic N) is 3. The Bertz CT molecular complexity index is 1100. The second-order valence-electron chi connectivity index (χ2n) is 6.68. The highest BCUT2D eigenvalue weighted by molar-refractivity contribution is 6.31. The summed E-state index contributed by atoms with van der Waals surface area (Å²) in [5.74, 6) is -0.0975. The lowest BCUT2D eigenvalue weighted by Crippen LogP contribution is -2.42. The minimum absolute atomic E-state index is 0.00260. The van der Waals surface area contributed by atoms with Crippen molar-refractivity contribution in [2.75, 3.05) is 19.0 Å². The zero-order chi connectivity index (χ0) is 22.5. The van der Waals surface area contributed by atoms with Crippen LogP contribution in [0.25, 0.3) is 10.9 Å². The number of anilines is 2. The van der Waals surface area contributed by atoms with Gasteiger partial charge >= 0.3 is 0 Å². The third-order valence-electron chi connectivity index (χ3n) is 4.86. The van der Waals surface area contributed by atoms with Gasteiger partial charge in [0.15, 0.2) is 5.82 Å². The van der Waals surface area contributed by atoms with Gasteiger partial charge in [0.25, 0.3) is 0 Å². The van der Waals surface area contributed by atoms with Crippen LogP contribution < -0.4 is 15.8 Å². The smallest absolute Gasteiger partial charge is 0.234 e. The lowest BCUT2D eigenvalue weighted by Gasteiger charge is -2.26. The van der Waals surface area contributed by atoms with E-state index < -0.39 is 17.8 Å². The first kappa shape index (κ1) is 20.3. The maximum absolute atomic E-state index is 14.4. The standard InChI is InChI=1S/C21H23ClFN5O2/c1-4-28(12(2)20(24)29)10-13-8-14-17(9-18(13)30-3)25-11-26-21(14)27-16-7-5-6-15(22)19(16)23/h5-9,11-12H,4,10H2,1-3H3,(H2,24,29)(H,25,26,27)/t12-/m0/s1/i1D. The number of carbonyl (C=O) groups is 1. The van der Waals surface area contributed by atoms with E-state index in [1.165, 1.54) is 12.4 Å². The van der Waals surface area contributed by atoms with Crippen molar-refractivity contribution in [3.63, 3.8) is 0 Å². The Kier molecular flexibility index (Phi) is 6.25. The molecule has 0 aliphatic rings. The Balaban J connectivity index is 2.05. The quantitative estimate of drug-likeness (QED) is 0.561. The molecule has 0 unspecified atom stereocenters. The van der Waals surface area contributed by atoms with Crippen LogP contribution in [0.15, 0.2) is 36.7 Å².